The summed E-state index contributed by atoms with van der Waals surface area (Å²) in [7, 11) is -9.78. The van der Waals surface area contributed by atoms with Crippen LogP contribution >= 0.6 is 0 Å². The SMILES string of the molecule is CC[Si]1(CC)C#CC2=C([Si](C)(C)C)[Si](C)(C)C([Si](C)(C)C)=C2C#C[Si](CC)(CC)/C(c2ccccc2)=C\1c1ccccc1. The van der Waals surface area contributed by atoms with E-state index < -0.39 is 40.4 Å². The summed E-state index contributed by atoms with van der Waals surface area (Å²) in [5.74, 6) is 8.20. The van der Waals surface area contributed by atoms with Crippen LogP contribution in [-0.2, 0) is 0 Å². The van der Waals surface area contributed by atoms with Crippen LogP contribution in [-0.4, -0.2) is 40.4 Å². The number of rotatable bonds is 8. The fraction of sp³-hybridized carbons (Fsp3) is 0.421. The standard InChI is InChI=1S/C38H54Si5/c1-13-42(14-2)29-27-33-34(38(40(8,9)10)41(11,12)37(33)39(5,6)7)28-30-43(15-3,16-4)36(32-25-21-18-22-26-32)35(42)31-23-19-17-20-24-31/h17-26H,13-16H2,1-12H3/b36-35-. The van der Waals surface area contributed by atoms with Gasteiger partial charge < -0.3 is 0 Å². The molecule has 226 valence electrons. The Hall–Kier alpha value is -2.14. The third-order valence-electron chi connectivity index (χ3n) is 10.1. The molecule has 2 aromatic rings. The molecule has 0 bridgehead atoms. The molecule has 0 unspecified atom stereocenters. The van der Waals surface area contributed by atoms with Gasteiger partial charge in [-0.2, -0.15) is 0 Å². The van der Waals surface area contributed by atoms with Crippen LogP contribution in [0.3, 0.4) is 0 Å². The van der Waals surface area contributed by atoms with E-state index in [1.54, 1.807) is 20.0 Å². The highest BCUT2D eigenvalue weighted by atomic mass is 28.4. The van der Waals surface area contributed by atoms with Crippen LogP contribution in [0, 0.1) is 22.9 Å². The van der Waals surface area contributed by atoms with E-state index >= 15 is 0 Å². The van der Waals surface area contributed by atoms with Crippen LogP contribution in [0.1, 0.15) is 38.8 Å². The van der Waals surface area contributed by atoms with Crippen molar-refractivity contribution in [2.75, 3.05) is 0 Å². The molecule has 0 saturated heterocycles. The van der Waals surface area contributed by atoms with Gasteiger partial charge in [0.2, 0.25) is 0 Å². The molecule has 0 radical (unpaired) electrons. The number of allylic oxidation sites excluding steroid dienone is 2. The molecule has 43 heavy (non-hydrogen) atoms. The minimum absolute atomic E-state index is 1.12. The summed E-state index contributed by atoms with van der Waals surface area (Å²) in [6, 6.07) is 27.2. The molecule has 5 heteroatoms. The highest BCUT2D eigenvalue weighted by molar-refractivity contribution is 7.17. The lowest BCUT2D eigenvalue weighted by atomic mass is 10.1. The maximum absolute atomic E-state index is 4.27. The van der Waals surface area contributed by atoms with Gasteiger partial charge >= 0.3 is 0 Å². The van der Waals surface area contributed by atoms with Crippen molar-refractivity contribution >= 4 is 50.8 Å². The second-order valence-corrected chi connectivity index (χ2v) is 39.1. The molecule has 0 atom stereocenters. The van der Waals surface area contributed by atoms with E-state index in [4.69, 9.17) is 0 Å². The molecular weight excluding hydrogens is 597 g/mol. The molecule has 0 amide bonds. The van der Waals surface area contributed by atoms with E-state index in [-0.39, 0.29) is 0 Å². The van der Waals surface area contributed by atoms with Gasteiger partial charge in [-0.1, -0.05) is 162 Å². The zero-order chi connectivity index (χ0) is 31.8. The Balaban J connectivity index is 2.36. The third kappa shape index (κ3) is 5.97. The van der Waals surface area contributed by atoms with E-state index in [0.717, 1.165) is 24.2 Å². The van der Waals surface area contributed by atoms with Crippen LogP contribution in [0.5, 0.6) is 0 Å². The van der Waals surface area contributed by atoms with Crippen molar-refractivity contribution in [1.82, 2.24) is 0 Å². The van der Waals surface area contributed by atoms with E-state index in [1.165, 1.54) is 22.3 Å². The predicted octanol–water partition coefficient (Wildman–Crippen LogP) is 10.9. The van der Waals surface area contributed by atoms with Crippen molar-refractivity contribution in [3.8, 4) is 22.9 Å². The minimum Gasteiger partial charge on any atom is -0.120 e. The highest BCUT2D eigenvalue weighted by Gasteiger charge is 2.50. The molecule has 0 fully saturated rings. The Kier molecular flexibility index (Phi) is 9.68. The largest absolute Gasteiger partial charge is 0.169 e. The number of hydrogen-bond acceptors (Lipinski definition) is 0. The van der Waals surface area contributed by atoms with Gasteiger partial charge in [-0.25, -0.2) is 0 Å². The topological polar surface area (TPSA) is 0 Å². The molecule has 2 aromatic carbocycles. The van der Waals surface area contributed by atoms with Gasteiger partial charge in [-0.15, -0.1) is 11.1 Å². The Morgan fingerprint density at radius 1 is 0.512 bits per heavy atom. The van der Waals surface area contributed by atoms with Gasteiger partial charge in [-0.05, 0) is 45.7 Å². The fourth-order valence-corrected chi connectivity index (χ4v) is 36.5. The van der Waals surface area contributed by atoms with E-state index in [0.29, 0.717) is 0 Å². The molecule has 0 saturated carbocycles. The lowest BCUT2D eigenvalue weighted by Gasteiger charge is -2.37. The number of fused-ring (bicyclic) bond motifs is 1. The van der Waals surface area contributed by atoms with Crippen molar-refractivity contribution < 1.29 is 0 Å². The van der Waals surface area contributed by atoms with Gasteiger partial charge in [0.1, 0.15) is 0 Å². The van der Waals surface area contributed by atoms with E-state index in [2.05, 4.69) is 164 Å². The first kappa shape index (κ1) is 33.8. The smallest absolute Gasteiger partial charge is 0.120 e. The first-order valence-electron chi connectivity index (χ1n) is 16.6. The molecular formula is C38H54Si5. The van der Waals surface area contributed by atoms with Gasteiger partial charge in [0.25, 0.3) is 0 Å². The van der Waals surface area contributed by atoms with Gasteiger partial charge in [0, 0.05) is 11.1 Å². The van der Waals surface area contributed by atoms with Crippen molar-refractivity contribution in [2.24, 2.45) is 0 Å². The molecule has 4 rings (SSSR count). The van der Waals surface area contributed by atoms with Crippen LogP contribution in [0.15, 0.2) is 81.4 Å². The maximum Gasteiger partial charge on any atom is 0.169 e. The Morgan fingerprint density at radius 3 is 1.07 bits per heavy atom. The summed E-state index contributed by atoms with van der Waals surface area (Å²) in [4.78, 5) is 3.55. The van der Waals surface area contributed by atoms with E-state index in [9.17, 15) is 0 Å². The highest BCUT2D eigenvalue weighted by Crippen LogP contribution is 2.49. The van der Waals surface area contributed by atoms with Crippen molar-refractivity contribution in [2.45, 2.75) is 104 Å². The molecule has 0 N–H and O–H groups in total. The molecule has 2 heterocycles. The molecule has 0 spiro atoms. The van der Waals surface area contributed by atoms with Gasteiger partial charge in [-0.3, -0.25) is 0 Å². The van der Waals surface area contributed by atoms with E-state index in [1.807, 2.05) is 0 Å². The lowest BCUT2D eigenvalue weighted by molar-refractivity contribution is 1.29. The summed E-state index contributed by atoms with van der Waals surface area (Å²) in [6.45, 7) is 30.4. The minimum atomic E-state index is -2.30. The average molecular weight is 651 g/mol. The molecule has 0 aromatic heterocycles. The number of hydrogen-bond donors (Lipinski definition) is 0. The van der Waals surface area contributed by atoms with Crippen molar-refractivity contribution in [3.05, 3.63) is 92.6 Å². The maximum atomic E-state index is 4.27. The Labute approximate surface area is 269 Å². The molecule has 2 aliphatic rings. The second kappa shape index (κ2) is 12.3. The van der Waals surface area contributed by atoms with Crippen LogP contribution in [0.2, 0.25) is 76.6 Å². The summed E-state index contributed by atoms with van der Waals surface area (Å²) < 4.78 is 0. The lowest BCUT2D eigenvalue weighted by Crippen LogP contribution is -2.48. The van der Waals surface area contributed by atoms with Gasteiger partial charge in [0.05, 0.1) is 24.2 Å². The first-order valence-corrected chi connectivity index (χ1v) is 31.4. The summed E-state index contributed by atoms with van der Waals surface area (Å²) in [5, 5.41) is 3.17. The third-order valence-corrected chi connectivity index (χ3v) is 34.1. The predicted molar refractivity (Wildman–Crippen MR) is 207 cm³/mol. The summed E-state index contributed by atoms with van der Waals surface area (Å²) in [5.41, 5.74) is 14.1. The summed E-state index contributed by atoms with van der Waals surface area (Å²) in [6.07, 6.45) is 0. The van der Waals surface area contributed by atoms with Gasteiger partial charge in [0.15, 0.2) is 16.1 Å². The average Bonchev–Trinajstić information content (AvgIpc) is 3.21. The van der Waals surface area contributed by atoms with Crippen LogP contribution in [0.25, 0.3) is 10.4 Å². The first-order chi connectivity index (χ1) is 20.1. The van der Waals surface area contributed by atoms with Crippen molar-refractivity contribution in [1.29, 1.82) is 0 Å². The monoisotopic (exact) mass is 650 g/mol. The Bertz CT molecular complexity index is 1460. The van der Waals surface area contributed by atoms with Crippen LogP contribution in [0.4, 0.5) is 0 Å². The summed E-state index contributed by atoms with van der Waals surface area (Å²) >= 11 is 0. The molecule has 0 nitrogen and oxygen atoms in total. The second-order valence-electron chi connectivity index (χ2n) is 15.2. The molecule has 0 aliphatic carbocycles. The quantitative estimate of drug-likeness (QED) is 0.197. The fourth-order valence-electron chi connectivity index (χ4n) is 8.45. The number of benzene rings is 2. The zero-order valence-electron chi connectivity index (χ0n) is 29.1. The zero-order valence-corrected chi connectivity index (χ0v) is 34.1. The van der Waals surface area contributed by atoms with Crippen LogP contribution < -0.4 is 0 Å². The molecule has 2 aliphatic heterocycles. The normalized spacial score (nSPS) is 21.0. The van der Waals surface area contributed by atoms with Crippen molar-refractivity contribution in [3.63, 3.8) is 0 Å². The Morgan fingerprint density at radius 2 is 0.814 bits per heavy atom.